The molecule has 2 aromatic rings. The van der Waals surface area contributed by atoms with Crippen LogP contribution in [-0.4, -0.2) is 35.0 Å². The van der Waals surface area contributed by atoms with Crippen LogP contribution in [0, 0.1) is 10.1 Å². The van der Waals surface area contributed by atoms with Crippen LogP contribution in [0.1, 0.15) is 44.7 Å². The second-order valence-electron chi connectivity index (χ2n) is 7.79. The number of rotatable bonds is 8. The summed E-state index contributed by atoms with van der Waals surface area (Å²) in [6.45, 7) is 7.84. The number of hydrogen-bond acceptors (Lipinski definition) is 7. The van der Waals surface area contributed by atoms with E-state index in [0.717, 1.165) is 5.56 Å². The molecule has 0 bridgehead atoms. The second-order valence-corrected chi connectivity index (χ2v) is 7.79. The minimum Gasteiger partial charge on any atom is -0.463 e. The van der Waals surface area contributed by atoms with Gasteiger partial charge < -0.3 is 14.4 Å². The van der Waals surface area contributed by atoms with Crippen molar-refractivity contribution < 1.29 is 24.0 Å². The Kier molecular flexibility index (Phi) is 7.83. The second kappa shape index (κ2) is 10.8. The highest BCUT2D eigenvalue weighted by atomic mass is 16.6. The summed E-state index contributed by atoms with van der Waals surface area (Å²) in [6.07, 6.45) is 0. The van der Waals surface area contributed by atoms with E-state index in [1.165, 1.54) is 12.1 Å². The van der Waals surface area contributed by atoms with E-state index in [2.05, 4.69) is 0 Å². The van der Waals surface area contributed by atoms with Crippen LogP contribution in [0.5, 0.6) is 0 Å². The first kappa shape index (κ1) is 24.7. The van der Waals surface area contributed by atoms with E-state index in [9.17, 15) is 19.7 Å². The molecule has 0 saturated heterocycles. The molecule has 0 radical (unpaired) electrons. The van der Waals surface area contributed by atoms with Crippen molar-refractivity contribution in [2.45, 2.75) is 40.2 Å². The summed E-state index contributed by atoms with van der Waals surface area (Å²) >= 11 is 0. The molecule has 0 atom stereocenters. The van der Waals surface area contributed by atoms with E-state index in [1.807, 2.05) is 49.1 Å². The maximum atomic E-state index is 13.2. The molecule has 0 amide bonds. The molecule has 1 aliphatic rings. The van der Waals surface area contributed by atoms with Crippen LogP contribution in [0.15, 0.2) is 77.1 Å². The number of carbonyl (C=O) groups excluding carboxylic acids is 2. The van der Waals surface area contributed by atoms with Crippen LogP contribution in [0.3, 0.4) is 0 Å². The van der Waals surface area contributed by atoms with Gasteiger partial charge in [-0.2, -0.15) is 0 Å². The van der Waals surface area contributed by atoms with Crippen molar-refractivity contribution in [3.8, 4) is 0 Å². The molecule has 34 heavy (non-hydrogen) atoms. The zero-order chi connectivity index (χ0) is 24.8. The van der Waals surface area contributed by atoms with Crippen molar-refractivity contribution in [1.29, 1.82) is 0 Å². The van der Waals surface area contributed by atoms with Crippen LogP contribution >= 0.6 is 0 Å². The predicted octanol–water partition coefficient (Wildman–Crippen LogP) is 4.87. The van der Waals surface area contributed by atoms with E-state index < -0.39 is 22.8 Å². The molecule has 0 saturated carbocycles. The summed E-state index contributed by atoms with van der Waals surface area (Å²) in [4.78, 5) is 39.0. The molecule has 3 rings (SSSR count). The quantitative estimate of drug-likeness (QED) is 0.312. The molecule has 2 aromatic carbocycles. The number of ether oxygens (including phenoxy) is 2. The van der Waals surface area contributed by atoms with Crippen LogP contribution in [0.2, 0.25) is 0 Å². The van der Waals surface area contributed by atoms with Crippen molar-refractivity contribution in [2.75, 3.05) is 13.2 Å². The fraction of sp³-hybridized carbons (Fsp3) is 0.308. The smallest absolute Gasteiger partial charge is 0.336 e. The Morgan fingerprint density at radius 2 is 1.38 bits per heavy atom. The number of esters is 2. The molecule has 0 unspecified atom stereocenters. The van der Waals surface area contributed by atoms with Gasteiger partial charge in [0, 0.05) is 30.1 Å². The first-order valence-electron chi connectivity index (χ1n) is 11.1. The molecule has 8 heteroatoms. The molecule has 0 spiro atoms. The summed E-state index contributed by atoms with van der Waals surface area (Å²) in [5.74, 6) is -1.88. The monoisotopic (exact) mass is 464 g/mol. The minimum atomic E-state index is -0.786. The Balaban J connectivity index is 2.22. The third-order valence-corrected chi connectivity index (χ3v) is 5.78. The van der Waals surface area contributed by atoms with Crippen molar-refractivity contribution in [1.82, 2.24) is 4.90 Å². The van der Waals surface area contributed by atoms with E-state index in [0.29, 0.717) is 34.6 Å². The average Bonchev–Trinajstić information content (AvgIpc) is 2.82. The van der Waals surface area contributed by atoms with Gasteiger partial charge in [0.2, 0.25) is 0 Å². The van der Waals surface area contributed by atoms with Gasteiger partial charge in [-0.1, -0.05) is 42.5 Å². The van der Waals surface area contributed by atoms with Crippen molar-refractivity contribution >= 4 is 17.6 Å². The number of carbonyl (C=O) groups is 2. The Hall–Kier alpha value is -3.94. The van der Waals surface area contributed by atoms with Gasteiger partial charge in [0.05, 0.1) is 35.2 Å². The topological polar surface area (TPSA) is 99.0 Å². The number of non-ortho nitro benzene ring substituents is 1. The maximum absolute atomic E-state index is 13.2. The SMILES string of the molecule is CCOC(=O)C1=C(C)N(Cc2ccccc2)C(C)=C(C(=O)OCC)C1c1ccc([N+](=O)[O-])cc1. The number of hydrogen-bond donors (Lipinski definition) is 0. The Morgan fingerprint density at radius 3 is 1.82 bits per heavy atom. The van der Waals surface area contributed by atoms with E-state index in [-0.39, 0.29) is 18.9 Å². The third-order valence-electron chi connectivity index (χ3n) is 5.78. The van der Waals surface area contributed by atoms with Gasteiger partial charge in [0.15, 0.2) is 0 Å². The molecule has 178 valence electrons. The highest BCUT2D eigenvalue weighted by molar-refractivity contribution is 5.99. The van der Waals surface area contributed by atoms with Gasteiger partial charge in [0.1, 0.15) is 0 Å². The van der Waals surface area contributed by atoms with E-state index >= 15 is 0 Å². The van der Waals surface area contributed by atoms with Crippen molar-refractivity contribution in [3.63, 3.8) is 0 Å². The lowest BCUT2D eigenvalue weighted by molar-refractivity contribution is -0.384. The molecule has 0 N–H and O–H groups in total. The minimum absolute atomic E-state index is 0.0814. The average molecular weight is 465 g/mol. The zero-order valence-electron chi connectivity index (χ0n) is 19.7. The van der Waals surface area contributed by atoms with Crippen LogP contribution in [0.4, 0.5) is 5.69 Å². The predicted molar refractivity (Wildman–Crippen MR) is 126 cm³/mol. The molecule has 8 nitrogen and oxygen atoms in total. The van der Waals surface area contributed by atoms with Gasteiger partial charge in [-0.3, -0.25) is 10.1 Å². The van der Waals surface area contributed by atoms with Crippen LogP contribution < -0.4 is 0 Å². The van der Waals surface area contributed by atoms with Gasteiger partial charge in [0.25, 0.3) is 5.69 Å². The van der Waals surface area contributed by atoms with Crippen molar-refractivity contribution in [3.05, 3.63) is 98.4 Å². The maximum Gasteiger partial charge on any atom is 0.336 e. The lowest BCUT2D eigenvalue weighted by Crippen LogP contribution is -2.35. The zero-order valence-corrected chi connectivity index (χ0v) is 19.7. The third kappa shape index (κ3) is 5.01. The van der Waals surface area contributed by atoms with Crippen LogP contribution in [0.25, 0.3) is 0 Å². The van der Waals surface area contributed by atoms with Crippen LogP contribution in [-0.2, 0) is 25.6 Å². The fourth-order valence-electron chi connectivity index (χ4n) is 4.18. The molecular formula is C26H28N2O6. The highest BCUT2D eigenvalue weighted by Gasteiger charge is 2.40. The summed E-state index contributed by atoms with van der Waals surface area (Å²) in [6, 6.07) is 15.6. The summed E-state index contributed by atoms with van der Waals surface area (Å²) in [7, 11) is 0. The normalized spacial score (nSPS) is 14.3. The fourth-order valence-corrected chi connectivity index (χ4v) is 4.18. The van der Waals surface area contributed by atoms with E-state index in [1.54, 1.807) is 26.0 Å². The van der Waals surface area contributed by atoms with E-state index in [4.69, 9.17) is 9.47 Å². The molecule has 0 fully saturated rings. The Labute approximate surface area is 198 Å². The lowest BCUT2D eigenvalue weighted by Gasteiger charge is -2.38. The first-order valence-corrected chi connectivity index (χ1v) is 11.1. The summed E-state index contributed by atoms with van der Waals surface area (Å²) < 4.78 is 10.8. The largest absolute Gasteiger partial charge is 0.463 e. The molecule has 0 aliphatic carbocycles. The van der Waals surface area contributed by atoms with Gasteiger partial charge in [-0.05, 0) is 38.8 Å². The number of allylic oxidation sites excluding steroid dienone is 2. The summed E-state index contributed by atoms with van der Waals surface area (Å²) in [5, 5.41) is 11.2. The highest BCUT2D eigenvalue weighted by Crippen LogP contribution is 2.43. The molecule has 1 heterocycles. The Bertz CT molecular complexity index is 1090. The number of nitro benzene ring substituents is 1. The summed E-state index contributed by atoms with van der Waals surface area (Å²) in [5.41, 5.74) is 3.39. The molecule has 1 aliphatic heterocycles. The number of benzene rings is 2. The van der Waals surface area contributed by atoms with Gasteiger partial charge in [-0.25, -0.2) is 9.59 Å². The first-order chi connectivity index (χ1) is 16.3. The standard InChI is InChI=1S/C26H28N2O6/c1-5-33-25(29)22-17(3)27(16-19-10-8-7-9-11-19)18(4)23(26(30)34-6-2)24(22)20-12-14-21(15-13-20)28(31)32/h7-15,24H,5-6,16H2,1-4H3. The molecule has 0 aromatic heterocycles. The molecular weight excluding hydrogens is 436 g/mol. The van der Waals surface area contributed by atoms with Crippen molar-refractivity contribution in [2.24, 2.45) is 0 Å². The van der Waals surface area contributed by atoms with Gasteiger partial charge >= 0.3 is 11.9 Å². The number of nitrogens with zero attached hydrogens (tertiary/aromatic N) is 2. The Morgan fingerprint density at radius 1 is 0.882 bits per heavy atom. The number of nitro groups is 1. The lowest BCUT2D eigenvalue weighted by atomic mass is 9.79. The van der Waals surface area contributed by atoms with Gasteiger partial charge in [-0.15, -0.1) is 0 Å².